The number of nitrogens with two attached hydrogens (primary N) is 1. The van der Waals surface area contributed by atoms with Crippen LogP contribution in [0.15, 0.2) is 23.1 Å². The maximum absolute atomic E-state index is 11.3. The maximum atomic E-state index is 11.3. The van der Waals surface area contributed by atoms with Gasteiger partial charge in [-0.15, -0.1) is 0 Å². The lowest BCUT2D eigenvalue weighted by Crippen LogP contribution is -2.28. The number of amides is 1. The van der Waals surface area contributed by atoms with Crippen molar-refractivity contribution in [2.75, 3.05) is 0 Å². The highest BCUT2D eigenvalue weighted by Crippen LogP contribution is 1.88. The number of primary amides is 1. The third kappa shape index (κ3) is 1.93. The molecule has 0 aromatic carbocycles. The van der Waals surface area contributed by atoms with Crippen LogP contribution >= 0.6 is 0 Å². The van der Waals surface area contributed by atoms with Crippen molar-refractivity contribution in [3.05, 3.63) is 34.2 Å². The molecule has 0 aliphatic heterocycles. The van der Waals surface area contributed by atoms with Crippen molar-refractivity contribution in [3.8, 4) is 6.07 Å². The predicted molar refractivity (Wildman–Crippen MR) is 44.6 cm³/mol. The van der Waals surface area contributed by atoms with Crippen LogP contribution in [-0.2, 0) is 11.3 Å². The van der Waals surface area contributed by atoms with Crippen molar-refractivity contribution in [3.63, 3.8) is 0 Å². The van der Waals surface area contributed by atoms with E-state index >= 15 is 0 Å². The van der Waals surface area contributed by atoms with Crippen LogP contribution < -0.4 is 11.3 Å². The number of carbonyl (C=O) groups is 1. The zero-order valence-corrected chi connectivity index (χ0v) is 6.73. The Morgan fingerprint density at radius 2 is 2.38 bits per heavy atom. The predicted octanol–water partition coefficient (Wildman–Crippen LogP) is -0.795. The number of rotatable bonds is 2. The highest BCUT2D eigenvalue weighted by Gasteiger charge is 2.03. The largest absolute Gasteiger partial charge is 0.368 e. The quantitative estimate of drug-likeness (QED) is 0.641. The van der Waals surface area contributed by atoms with Gasteiger partial charge >= 0.3 is 0 Å². The molecule has 0 fully saturated rings. The Hall–Kier alpha value is -2.09. The first kappa shape index (κ1) is 9.00. The minimum Gasteiger partial charge on any atom is -0.368 e. The fourth-order valence-electron chi connectivity index (χ4n) is 0.914. The van der Waals surface area contributed by atoms with Crippen LogP contribution in [0.5, 0.6) is 0 Å². The van der Waals surface area contributed by atoms with Crippen LogP contribution in [0.25, 0.3) is 0 Å². The zero-order valence-electron chi connectivity index (χ0n) is 6.73. The van der Waals surface area contributed by atoms with Gasteiger partial charge in [-0.2, -0.15) is 5.26 Å². The van der Waals surface area contributed by atoms with Gasteiger partial charge in [-0.25, -0.2) is 0 Å². The summed E-state index contributed by atoms with van der Waals surface area (Å²) in [4.78, 5) is 21.8. The average Bonchev–Trinajstić information content (AvgIpc) is 2.08. The Bertz CT molecular complexity index is 428. The summed E-state index contributed by atoms with van der Waals surface area (Å²) < 4.78 is 1.10. The van der Waals surface area contributed by atoms with Gasteiger partial charge in [0.2, 0.25) is 5.91 Å². The van der Waals surface area contributed by atoms with Gasteiger partial charge in [0.05, 0.1) is 0 Å². The molecule has 5 heteroatoms. The molecule has 0 unspecified atom stereocenters. The molecular formula is C8H7N3O2. The highest BCUT2D eigenvalue weighted by atomic mass is 16.2. The second-order valence-electron chi connectivity index (χ2n) is 2.43. The van der Waals surface area contributed by atoms with Gasteiger partial charge in [0, 0.05) is 6.20 Å². The molecule has 66 valence electrons. The molecule has 5 nitrogen and oxygen atoms in total. The normalized spacial score (nSPS) is 9.15. The van der Waals surface area contributed by atoms with E-state index < -0.39 is 11.5 Å². The summed E-state index contributed by atoms with van der Waals surface area (Å²) in [6.45, 7) is -0.200. The molecule has 0 radical (unpaired) electrons. The first-order valence-corrected chi connectivity index (χ1v) is 3.53. The second-order valence-corrected chi connectivity index (χ2v) is 2.43. The summed E-state index contributed by atoms with van der Waals surface area (Å²) in [5.41, 5.74) is 4.41. The van der Waals surface area contributed by atoms with Crippen LogP contribution in [0.2, 0.25) is 0 Å². The fraction of sp³-hybridized carbons (Fsp3) is 0.125. The summed E-state index contributed by atoms with van der Waals surface area (Å²) in [6, 6.07) is 4.63. The number of aromatic nitrogens is 1. The van der Waals surface area contributed by atoms with Gasteiger partial charge in [-0.05, 0) is 12.1 Å². The van der Waals surface area contributed by atoms with Crippen LogP contribution in [0.4, 0.5) is 0 Å². The first-order valence-electron chi connectivity index (χ1n) is 3.53. The Morgan fingerprint density at radius 3 is 2.92 bits per heavy atom. The van der Waals surface area contributed by atoms with E-state index in [9.17, 15) is 9.59 Å². The standard InChI is InChI=1S/C8H7N3O2/c9-4-6-2-1-3-11(8(6)13)5-7(10)12/h1-3H,5H2,(H2,10,12). The third-order valence-corrected chi connectivity index (χ3v) is 1.47. The molecule has 0 spiro atoms. The summed E-state index contributed by atoms with van der Waals surface area (Å²) in [6.07, 6.45) is 1.41. The maximum Gasteiger partial charge on any atom is 0.268 e. The molecule has 0 aliphatic rings. The van der Waals surface area contributed by atoms with E-state index in [1.54, 1.807) is 6.07 Å². The minimum absolute atomic E-state index is 0.00347. The van der Waals surface area contributed by atoms with E-state index in [2.05, 4.69) is 0 Å². The lowest BCUT2D eigenvalue weighted by atomic mass is 10.3. The zero-order chi connectivity index (χ0) is 9.84. The summed E-state index contributed by atoms with van der Waals surface area (Å²) in [5, 5.41) is 8.50. The lowest BCUT2D eigenvalue weighted by molar-refractivity contribution is -0.118. The van der Waals surface area contributed by atoms with E-state index in [4.69, 9.17) is 11.0 Å². The van der Waals surface area contributed by atoms with Crippen molar-refractivity contribution in [2.24, 2.45) is 5.73 Å². The minimum atomic E-state index is -0.614. The van der Waals surface area contributed by atoms with Gasteiger partial charge < -0.3 is 10.3 Å². The molecule has 1 rings (SSSR count). The van der Waals surface area contributed by atoms with Gasteiger partial charge in [-0.1, -0.05) is 0 Å². The van der Waals surface area contributed by atoms with Gasteiger partial charge in [0.15, 0.2) is 0 Å². The molecule has 2 N–H and O–H groups in total. The molecule has 13 heavy (non-hydrogen) atoms. The molecular weight excluding hydrogens is 170 g/mol. The van der Waals surface area contributed by atoms with Crippen LogP contribution in [0.3, 0.4) is 0 Å². The van der Waals surface area contributed by atoms with E-state index in [1.807, 2.05) is 0 Å². The Labute approximate surface area is 74.0 Å². The average molecular weight is 177 g/mol. The molecule has 0 atom stereocenters. The number of hydrogen-bond donors (Lipinski definition) is 1. The van der Waals surface area contributed by atoms with E-state index in [-0.39, 0.29) is 12.1 Å². The number of nitrogens with zero attached hydrogens (tertiary/aromatic N) is 2. The molecule has 1 amide bonds. The number of hydrogen-bond acceptors (Lipinski definition) is 3. The molecule has 1 aromatic heterocycles. The van der Waals surface area contributed by atoms with E-state index in [1.165, 1.54) is 18.3 Å². The molecule has 1 aromatic rings. The van der Waals surface area contributed by atoms with Crippen LogP contribution in [-0.4, -0.2) is 10.5 Å². The number of nitriles is 1. The van der Waals surface area contributed by atoms with Crippen LogP contribution in [0.1, 0.15) is 5.56 Å². The van der Waals surface area contributed by atoms with Gasteiger partial charge in [-0.3, -0.25) is 9.59 Å². The summed E-state index contributed by atoms with van der Waals surface area (Å²) in [5.74, 6) is -0.614. The van der Waals surface area contributed by atoms with Crippen molar-refractivity contribution in [2.45, 2.75) is 6.54 Å². The number of carbonyl (C=O) groups excluding carboxylic acids is 1. The monoisotopic (exact) mass is 177 g/mol. The smallest absolute Gasteiger partial charge is 0.268 e. The van der Waals surface area contributed by atoms with Crippen molar-refractivity contribution in [1.29, 1.82) is 5.26 Å². The van der Waals surface area contributed by atoms with E-state index in [0.29, 0.717) is 0 Å². The van der Waals surface area contributed by atoms with Gasteiger partial charge in [0.1, 0.15) is 18.2 Å². The van der Waals surface area contributed by atoms with Gasteiger partial charge in [0.25, 0.3) is 5.56 Å². The molecule has 0 bridgehead atoms. The number of pyridine rings is 1. The summed E-state index contributed by atoms with van der Waals surface area (Å²) in [7, 11) is 0. The lowest BCUT2D eigenvalue weighted by Gasteiger charge is -2.00. The molecule has 0 saturated carbocycles. The first-order chi connectivity index (χ1) is 6.15. The fourth-order valence-corrected chi connectivity index (χ4v) is 0.914. The van der Waals surface area contributed by atoms with Crippen LogP contribution in [0, 0.1) is 11.3 Å². The Kier molecular flexibility index (Phi) is 2.45. The van der Waals surface area contributed by atoms with Crippen molar-refractivity contribution >= 4 is 5.91 Å². The van der Waals surface area contributed by atoms with Crippen molar-refractivity contribution < 1.29 is 4.79 Å². The molecule has 1 heterocycles. The van der Waals surface area contributed by atoms with Crippen molar-refractivity contribution in [1.82, 2.24) is 4.57 Å². The third-order valence-electron chi connectivity index (χ3n) is 1.47. The second kappa shape index (κ2) is 3.54. The Morgan fingerprint density at radius 1 is 1.69 bits per heavy atom. The Balaban J connectivity index is 3.18. The molecule has 0 aliphatic carbocycles. The van der Waals surface area contributed by atoms with E-state index in [0.717, 1.165) is 4.57 Å². The SMILES string of the molecule is N#Cc1cccn(CC(N)=O)c1=O. The molecule has 0 saturated heterocycles. The topological polar surface area (TPSA) is 88.9 Å². The highest BCUT2D eigenvalue weighted by molar-refractivity contribution is 5.73. The summed E-state index contributed by atoms with van der Waals surface area (Å²) >= 11 is 0.